The lowest BCUT2D eigenvalue weighted by atomic mass is 9.82. The quantitative estimate of drug-likeness (QED) is 0.865. The number of benzene rings is 1. The Hall–Kier alpha value is -0.860. The van der Waals surface area contributed by atoms with Crippen LogP contribution in [-0.2, 0) is 13.0 Å². The average molecular weight is 247 g/mol. The first-order valence-electron chi connectivity index (χ1n) is 7.13. The summed E-state index contributed by atoms with van der Waals surface area (Å²) in [5.41, 5.74) is 3.05. The third-order valence-electron chi connectivity index (χ3n) is 4.60. The zero-order chi connectivity index (χ0) is 13.0. The second-order valence-electron chi connectivity index (χ2n) is 5.59. The summed E-state index contributed by atoms with van der Waals surface area (Å²) in [5, 5.41) is 9.68. The molecule has 2 nitrogen and oxygen atoms in total. The summed E-state index contributed by atoms with van der Waals surface area (Å²) in [6.45, 7) is 7.87. The monoisotopic (exact) mass is 247 g/mol. The van der Waals surface area contributed by atoms with Gasteiger partial charge in [-0.05, 0) is 30.4 Å². The smallest absolute Gasteiger partial charge is 0.0499 e. The predicted molar refractivity (Wildman–Crippen MR) is 75.5 cm³/mol. The normalized spacial score (nSPS) is 16.6. The second kappa shape index (κ2) is 5.85. The Morgan fingerprint density at radius 2 is 1.83 bits per heavy atom. The van der Waals surface area contributed by atoms with Gasteiger partial charge in [-0.2, -0.15) is 0 Å². The lowest BCUT2D eigenvalue weighted by Gasteiger charge is -2.38. The maximum atomic E-state index is 9.68. The molecule has 0 saturated carbocycles. The fraction of sp³-hybridized carbons (Fsp3) is 0.625. The Kier molecular flexibility index (Phi) is 4.41. The van der Waals surface area contributed by atoms with E-state index in [2.05, 4.69) is 43.0 Å². The third kappa shape index (κ3) is 2.76. The molecular weight excluding hydrogens is 222 g/mol. The second-order valence-corrected chi connectivity index (χ2v) is 5.59. The number of rotatable bonds is 5. The molecule has 0 amide bonds. The van der Waals surface area contributed by atoms with Crippen molar-refractivity contribution in [3.05, 3.63) is 35.4 Å². The molecule has 2 heteroatoms. The SMILES string of the molecule is CCC(CC)(CO)CN1CCc2ccccc2C1. The number of fused-ring (bicyclic) bond motifs is 1. The van der Waals surface area contributed by atoms with E-state index in [0.717, 1.165) is 38.9 Å². The molecule has 18 heavy (non-hydrogen) atoms. The largest absolute Gasteiger partial charge is 0.396 e. The van der Waals surface area contributed by atoms with Gasteiger partial charge in [0.05, 0.1) is 0 Å². The maximum absolute atomic E-state index is 9.68. The molecule has 0 bridgehead atoms. The van der Waals surface area contributed by atoms with E-state index < -0.39 is 0 Å². The number of nitrogens with zero attached hydrogens (tertiary/aromatic N) is 1. The van der Waals surface area contributed by atoms with E-state index in [-0.39, 0.29) is 5.41 Å². The molecule has 2 rings (SSSR count). The van der Waals surface area contributed by atoms with Gasteiger partial charge in [-0.25, -0.2) is 0 Å². The molecule has 0 unspecified atom stereocenters. The Bertz CT molecular complexity index is 376. The number of aliphatic hydroxyl groups is 1. The first kappa shape index (κ1) is 13.6. The van der Waals surface area contributed by atoms with Crippen LogP contribution in [-0.4, -0.2) is 29.7 Å². The van der Waals surface area contributed by atoms with Crippen LogP contribution in [0.2, 0.25) is 0 Å². The highest BCUT2D eigenvalue weighted by molar-refractivity contribution is 5.29. The molecular formula is C16H25NO. The molecule has 1 aliphatic heterocycles. The zero-order valence-corrected chi connectivity index (χ0v) is 11.7. The van der Waals surface area contributed by atoms with Gasteiger partial charge in [-0.3, -0.25) is 4.90 Å². The Morgan fingerprint density at radius 3 is 2.44 bits per heavy atom. The minimum absolute atomic E-state index is 0.0896. The molecule has 1 N–H and O–H groups in total. The molecule has 100 valence electrons. The highest BCUT2D eigenvalue weighted by Crippen LogP contribution is 2.29. The predicted octanol–water partition coefficient (Wildman–Crippen LogP) is 2.84. The zero-order valence-electron chi connectivity index (χ0n) is 11.7. The van der Waals surface area contributed by atoms with Crippen molar-refractivity contribution in [2.75, 3.05) is 19.7 Å². The van der Waals surface area contributed by atoms with Crippen LogP contribution in [0.25, 0.3) is 0 Å². The summed E-state index contributed by atoms with van der Waals surface area (Å²) >= 11 is 0. The van der Waals surface area contributed by atoms with E-state index >= 15 is 0 Å². The van der Waals surface area contributed by atoms with Gasteiger partial charge < -0.3 is 5.11 Å². The first-order valence-corrected chi connectivity index (χ1v) is 7.13. The lowest BCUT2D eigenvalue weighted by molar-refractivity contribution is 0.0603. The summed E-state index contributed by atoms with van der Waals surface area (Å²) in [6.07, 6.45) is 3.25. The van der Waals surface area contributed by atoms with Crippen LogP contribution in [0, 0.1) is 5.41 Å². The first-order chi connectivity index (χ1) is 8.73. The van der Waals surface area contributed by atoms with Crippen LogP contribution in [0.15, 0.2) is 24.3 Å². The molecule has 0 radical (unpaired) electrons. The van der Waals surface area contributed by atoms with Gasteiger partial charge >= 0.3 is 0 Å². The topological polar surface area (TPSA) is 23.5 Å². The van der Waals surface area contributed by atoms with Crippen molar-refractivity contribution in [2.45, 2.75) is 39.7 Å². The van der Waals surface area contributed by atoms with Crippen molar-refractivity contribution in [2.24, 2.45) is 5.41 Å². The van der Waals surface area contributed by atoms with Crippen LogP contribution >= 0.6 is 0 Å². The molecule has 1 aromatic rings. The molecule has 0 aliphatic carbocycles. The van der Waals surface area contributed by atoms with Gasteiger partial charge in [-0.1, -0.05) is 38.1 Å². The van der Waals surface area contributed by atoms with Crippen LogP contribution < -0.4 is 0 Å². The van der Waals surface area contributed by atoms with E-state index in [9.17, 15) is 5.11 Å². The van der Waals surface area contributed by atoms with Crippen molar-refractivity contribution >= 4 is 0 Å². The Balaban J connectivity index is 2.05. The van der Waals surface area contributed by atoms with Gasteiger partial charge in [0.15, 0.2) is 0 Å². The molecule has 0 fully saturated rings. The molecule has 0 spiro atoms. The van der Waals surface area contributed by atoms with Crippen molar-refractivity contribution in [3.8, 4) is 0 Å². The van der Waals surface area contributed by atoms with E-state index in [4.69, 9.17) is 0 Å². The summed E-state index contributed by atoms with van der Waals surface area (Å²) in [4.78, 5) is 2.51. The van der Waals surface area contributed by atoms with Crippen LogP contribution in [0.1, 0.15) is 37.8 Å². The Labute approximate surface area is 111 Å². The lowest BCUT2D eigenvalue weighted by Crippen LogP contribution is -2.42. The minimum Gasteiger partial charge on any atom is -0.396 e. The van der Waals surface area contributed by atoms with Gasteiger partial charge in [0, 0.05) is 31.7 Å². The maximum Gasteiger partial charge on any atom is 0.0499 e. The highest BCUT2D eigenvalue weighted by Gasteiger charge is 2.29. The molecule has 1 aliphatic rings. The fourth-order valence-corrected chi connectivity index (χ4v) is 2.91. The van der Waals surface area contributed by atoms with Gasteiger partial charge in [0.25, 0.3) is 0 Å². The summed E-state index contributed by atoms with van der Waals surface area (Å²) < 4.78 is 0. The van der Waals surface area contributed by atoms with E-state index in [1.54, 1.807) is 0 Å². The van der Waals surface area contributed by atoms with Crippen molar-refractivity contribution in [1.29, 1.82) is 0 Å². The number of hydrogen-bond donors (Lipinski definition) is 1. The average Bonchev–Trinajstić information content (AvgIpc) is 2.45. The van der Waals surface area contributed by atoms with Crippen LogP contribution in [0.5, 0.6) is 0 Å². The van der Waals surface area contributed by atoms with Crippen LogP contribution in [0.3, 0.4) is 0 Å². The molecule has 0 saturated heterocycles. The standard InChI is InChI=1S/C16H25NO/c1-3-16(4-2,13-18)12-17-10-9-14-7-5-6-8-15(14)11-17/h5-8,18H,3-4,9-13H2,1-2H3. The van der Waals surface area contributed by atoms with E-state index in [1.807, 2.05) is 0 Å². The van der Waals surface area contributed by atoms with Gasteiger partial charge in [-0.15, -0.1) is 0 Å². The fourth-order valence-electron chi connectivity index (χ4n) is 2.91. The number of aliphatic hydroxyl groups excluding tert-OH is 1. The highest BCUT2D eigenvalue weighted by atomic mass is 16.3. The van der Waals surface area contributed by atoms with Crippen molar-refractivity contribution in [3.63, 3.8) is 0 Å². The van der Waals surface area contributed by atoms with Crippen molar-refractivity contribution < 1.29 is 5.11 Å². The van der Waals surface area contributed by atoms with Gasteiger partial charge in [0.1, 0.15) is 0 Å². The summed E-state index contributed by atoms with van der Waals surface area (Å²) in [6, 6.07) is 8.73. The molecule has 1 aromatic carbocycles. The van der Waals surface area contributed by atoms with Crippen LogP contribution in [0.4, 0.5) is 0 Å². The third-order valence-corrected chi connectivity index (χ3v) is 4.60. The van der Waals surface area contributed by atoms with Gasteiger partial charge in [0.2, 0.25) is 0 Å². The Morgan fingerprint density at radius 1 is 1.17 bits per heavy atom. The molecule has 0 aromatic heterocycles. The number of hydrogen-bond acceptors (Lipinski definition) is 2. The van der Waals surface area contributed by atoms with Crippen molar-refractivity contribution in [1.82, 2.24) is 4.90 Å². The molecule has 0 atom stereocenters. The molecule has 1 heterocycles. The van der Waals surface area contributed by atoms with E-state index in [0.29, 0.717) is 6.61 Å². The summed E-state index contributed by atoms with van der Waals surface area (Å²) in [5.74, 6) is 0. The van der Waals surface area contributed by atoms with E-state index in [1.165, 1.54) is 11.1 Å². The summed E-state index contributed by atoms with van der Waals surface area (Å²) in [7, 11) is 0. The minimum atomic E-state index is 0.0896.